The third-order valence-corrected chi connectivity index (χ3v) is 2.83. The molecule has 0 saturated carbocycles. The van der Waals surface area contributed by atoms with Gasteiger partial charge in [-0.15, -0.1) is 0 Å². The molecule has 2 rings (SSSR count). The van der Waals surface area contributed by atoms with Crippen molar-refractivity contribution in [2.45, 2.75) is 26.3 Å². The van der Waals surface area contributed by atoms with Crippen LogP contribution in [0.1, 0.15) is 31.3 Å². The van der Waals surface area contributed by atoms with E-state index in [1.807, 2.05) is 19.9 Å². The summed E-state index contributed by atoms with van der Waals surface area (Å²) >= 11 is 0. The number of carboxylic acids is 1. The van der Waals surface area contributed by atoms with Gasteiger partial charge in [-0.1, -0.05) is 0 Å². The molecule has 0 spiro atoms. The van der Waals surface area contributed by atoms with Gasteiger partial charge in [0.05, 0.1) is 0 Å². The molecule has 2 aromatic heterocycles. The van der Waals surface area contributed by atoms with Gasteiger partial charge in [-0.3, -0.25) is 0 Å². The molecular formula is C13H13LiN6O2. The molecule has 2 heterocycles. The Bertz CT molecular complexity index is 717. The van der Waals surface area contributed by atoms with Crippen molar-refractivity contribution < 1.29 is 28.8 Å². The van der Waals surface area contributed by atoms with E-state index >= 15 is 0 Å². The monoisotopic (exact) mass is 292 g/mol. The van der Waals surface area contributed by atoms with E-state index in [1.165, 1.54) is 12.4 Å². The number of anilines is 1. The molecule has 2 aromatic rings. The molecule has 0 unspecified atom stereocenters. The Kier molecular flexibility index (Phi) is 5.69. The second-order valence-electron chi connectivity index (χ2n) is 4.70. The number of carbonyl (C=O) groups is 1. The molecule has 0 amide bonds. The molecule has 0 saturated heterocycles. The summed E-state index contributed by atoms with van der Waals surface area (Å²) in [6, 6.07) is 2.02. The summed E-state index contributed by atoms with van der Waals surface area (Å²) in [7, 11) is 0. The fourth-order valence-electron chi connectivity index (χ4n) is 1.85. The molecule has 0 bridgehead atoms. The number of nitrogens with two attached hydrogens (primary N) is 1. The standard InChI is InChI=1S/C13H14N6O2.Li/c1-7(2)19-13(15)9(4-14)12(18-19)8-5-16-10(17-6-8)3-11(20)21;/h5-7H,3,15H2,1-2H3,(H,20,21);/q;+1/p-1. The minimum absolute atomic E-state index is 0. The Balaban J connectivity index is 0.00000242. The minimum Gasteiger partial charge on any atom is -0.550 e. The van der Waals surface area contributed by atoms with Crippen LogP contribution in [-0.2, 0) is 11.2 Å². The third-order valence-electron chi connectivity index (χ3n) is 2.83. The van der Waals surface area contributed by atoms with Gasteiger partial charge >= 0.3 is 18.9 Å². The van der Waals surface area contributed by atoms with Crippen molar-refractivity contribution in [1.29, 1.82) is 5.26 Å². The first kappa shape index (κ1) is 17.7. The summed E-state index contributed by atoms with van der Waals surface area (Å²) in [6.07, 6.45) is 2.46. The molecule has 0 fully saturated rings. The van der Waals surface area contributed by atoms with Crippen LogP contribution in [0.15, 0.2) is 12.4 Å². The van der Waals surface area contributed by atoms with Gasteiger partial charge in [0.1, 0.15) is 29.0 Å². The Morgan fingerprint density at radius 1 is 1.45 bits per heavy atom. The average Bonchev–Trinajstić information content (AvgIpc) is 2.76. The van der Waals surface area contributed by atoms with Crippen LogP contribution in [0.4, 0.5) is 5.82 Å². The predicted octanol–water partition coefficient (Wildman–Crippen LogP) is -3.33. The van der Waals surface area contributed by atoms with Gasteiger partial charge < -0.3 is 15.6 Å². The number of nitriles is 1. The molecule has 9 heteroatoms. The molecule has 0 radical (unpaired) electrons. The fourth-order valence-corrected chi connectivity index (χ4v) is 1.85. The van der Waals surface area contributed by atoms with E-state index in [2.05, 4.69) is 15.1 Å². The van der Waals surface area contributed by atoms with E-state index in [-0.39, 0.29) is 48.5 Å². The molecule has 0 aromatic carbocycles. The summed E-state index contributed by atoms with van der Waals surface area (Å²) in [5.41, 5.74) is 7.03. The van der Waals surface area contributed by atoms with Crippen molar-refractivity contribution >= 4 is 11.8 Å². The zero-order valence-corrected chi connectivity index (χ0v) is 12.6. The quantitative estimate of drug-likeness (QED) is 0.582. The molecule has 8 nitrogen and oxygen atoms in total. The molecule has 0 aliphatic rings. The van der Waals surface area contributed by atoms with Gasteiger partial charge in [0, 0.05) is 36.4 Å². The van der Waals surface area contributed by atoms with Gasteiger partial charge in [0.25, 0.3) is 0 Å². The van der Waals surface area contributed by atoms with E-state index < -0.39 is 5.97 Å². The molecule has 22 heavy (non-hydrogen) atoms. The Labute approximate surface area is 139 Å². The van der Waals surface area contributed by atoms with Crippen LogP contribution in [0.5, 0.6) is 0 Å². The minimum atomic E-state index is -1.26. The van der Waals surface area contributed by atoms with Crippen LogP contribution < -0.4 is 29.7 Å². The van der Waals surface area contributed by atoms with Crippen molar-refractivity contribution in [2.75, 3.05) is 5.73 Å². The number of nitrogen functional groups attached to an aromatic ring is 1. The molecule has 108 valence electrons. The van der Waals surface area contributed by atoms with Crippen molar-refractivity contribution in [2.24, 2.45) is 0 Å². The molecule has 2 N–H and O–H groups in total. The van der Waals surface area contributed by atoms with Crippen LogP contribution in [-0.4, -0.2) is 25.7 Å². The summed E-state index contributed by atoms with van der Waals surface area (Å²) in [6.45, 7) is 3.79. The topological polar surface area (TPSA) is 134 Å². The maximum atomic E-state index is 10.5. The van der Waals surface area contributed by atoms with E-state index in [0.29, 0.717) is 11.3 Å². The number of aromatic nitrogens is 4. The number of carboxylic acid groups (broad SMARTS) is 1. The van der Waals surface area contributed by atoms with Gasteiger partial charge in [-0.25, -0.2) is 14.6 Å². The van der Waals surface area contributed by atoms with Gasteiger partial charge in [-0.05, 0) is 13.8 Å². The number of hydrogen-bond acceptors (Lipinski definition) is 7. The Hall–Kier alpha value is -2.35. The van der Waals surface area contributed by atoms with Crippen molar-refractivity contribution in [3.8, 4) is 17.3 Å². The Morgan fingerprint density at radius 2 is 2.05 bits per heavy atom. The summed E-state index contributed by atoms with van der Waals surface area (Å²) in [4.78, 5) is 18.3. The van der Waals surface area contributed by atoms with E-state index in [4.69, 9.17) is 5.73 Å². The van der Waals surface area contributed by atoms with Gasteiger partial charge in [-0.2, -0.15) is 10.4 Å². The van der Waals surface area contributed by atoms with Crippen molar-refractivity contribution in [3.63, 3.8) is 0 Å². The van der Waals surface area contributed by atoms with E-state index in [0.717, 1.165) is 0 Å². The number of aliphatic carboxylic acids is 1. The van der Waals surface area contributed by atoms with Crippen LogP contribution in [0.2, 0.25) is 0 Å². The maximum absolute atomic E-state index is 10.5. The molecule has 0 aliphatic carbocycles. The smallest absolute Gasteiger partial charge is 0.550 e. The maximum Gasteiger partial charge on any atom is 1.00 e. The van der Waals surface area contributed by atoms with E-state index in [1.54, 1.807) is 4.68 Å². The van der Waals surface area contributed by atoms with Crippen LogP contribution in [0, 0.1) is 11.3 Å². The second kappa shape index (κ2) is 7.08. The zero-order chi connectivity index (χ0) is 15.6. The molecule has 0 aliphatic heterocycles. The molecular weight excluding hydrogens is 279 g/mol. The average molecular weight is 292 g/mol. The van der Waals surface area contributed by atoms with Crippen molar-refractivity contribution in [3.05, 3.63) is 23.8 Å². The summed E-state index contributed by atoms with van der Waals surface area (Å²) < 4.78 is 1.54. The van der Waals surface area contributed by atoms with E-state index in [9.17, 15) is 15.2 Å². The van der Waals surface area contributed by atoms with Crippen LogP contribution >= 0.6 is 0 Å². The second-order valence-corrected chi connectivity index (χ2v) is 4.70. The largest absolute Gasteiger partial charge is 1.00 e. The normalized spacial score (nSPS) is 10.1. The fraction of sp³-hybridized carbons (Fsp3) is 0.308. The first-order valence-electron chi connectivity index (χ1n) is 6.23. The number of rotatable bonds is 4. The van der Waals surface area contributed by atoms with Crippen LogP contribution in [0.3, 0.4) is 0 Å². The van der Waals surface area contributed by atoms with Gasteiger partial charge in [0.15, 0.2) is 0 Å². The molecule has 0 atom stereocenters. The number of carbonyl (C=O) groups excluding carboxylic acids is 1. The first-order valence-corrected chi connectivity index (χ1v) is 6.23. The Morgan fingerprint density at radius 3 is 2.50 bits per heavy atom. The summed E-state index contributed by atoms with van der Waals surface area (Å²) in [5, 5.41) is 24.0. The first-order chi connectivity index (χ1) is 9.93. The number of hydrogen-bond donors (Lipinski definition) is 1. The third kappa shape index (κ3) is 3.45. The van der Waals surface area contributed by atoms with Crippen LogP contribution in [0.25, 0.3) is 11.3 Å². The number of nitrogens with zero attached hydrogens (tertiary/aromatic N) is 5. The SMILES string of the molecule is CC(C)n1nc(-c2cnc(CC(=O)[O-])nc2)c(C#N)c1N.[Li+]. The summed E-state index contributed by atoms with van der Waals surface area (Å²) in [5.74, 6) is -0.844. The predicted molar refractivity (Wildman–Crippen MR) is 71.5 cm³/mol. The van der Waals surface area contributed by atoms with Crippen molar-refractivity contribution in [1.82, 2.24) is 19.7 Å². The van der Waals surface area contributed by atoms with Gasteiger partial charge in [0.2, 0.25) is 0 Å². The zero-order valence-electron chi connectivity index (χ0n) is 12.6.